The summed E-state index contributed by atoms with van der Waals surface area (Å²) in [4.78, 5) is 75.4. The minimum atomic E-state index is -1.29. The van der Waals surface area contributed by atoms with E-state index in [2.05, 4.69) is 10.6 Å². The summed E-state index contributed by atoms with van der Waals surface area (Å²) >= 11 is 0. The van der Waals surface area contributed by atoms with Crippen molar-refractivity contribution in [3.05, 3.63) is 24.3 Å². The molecule has 13 heteroatoms. The number of rotatable bonds is 8. The normalized spacial score (nSPS) is 20.3. The molecule has 3 atom stereocenters. The number of nitrogens with one attached hydrogen (secondary N) is 2. The number of amides is 4. The van der Waals surface area contributed by atoms with E-state index < -0.39 is 60.9 Å². The second-order valence-corrected chi connectivity index (χ2v) is 8.04. The van der Waals surface area contributed by atoms with Crippen LogP contribution in [0.15, 0.2) is 24.3 Å². The van der Waals surface area contributed by atoms with Crippen LogP contribution in [0.3, 0.4) is 0 Å². The monoisotopic (exact) mass is 490 g/mol. The van der Waals surface area contributed by atoms with Gasteiger partial charge in [0.15, 0.2) is 0 Å². The average molecular weight is 490 g/mol. The number of carboxylic acid groups (broad SMARTS) is 1. The fraction of sp³-hybridized carbons (Fsp3) is 0.455. The van der Waals surface area contributed by atoms with E-state index in [0.29, 0.717) is 18.7 Å². The minimum absolute atomic E-state index is 0.213. The number of hydrogen-bond donors (Lipinski definition) is 3. The minimum Gasteiger partial charge on any atom is -0.481 e. The molecule has 0 aromatic heterocycles. The average Bonchev–Trinajstić information content (AvgIpc) is 3.28. The van der Waals surface area contributed by atoms with Crippen molar-refractivity contribution in [1.82, 2.24) is 10.6 Å². The van der Waals surface area contributed by atoms with E-state index in [9.17, 15) is 28.8 Å². The molecule has 0 spiro atoms. The molecular formula is C22H26N4O9. The number of hydrogen-bond acceptors (Lipinski definition) is 8. The molecule has 0 aliphatic carbocycles. The molecule has 35 heavy (non-hydrogen) atoms. The number of aldehydes is 1. The number of benzene rings is 1. The van der Waals surface area contributed by atoms with Crippen LogP contribution in [0, 0.1) is 0 Å². The van der Waals surface area contributed by atoms with Gasteiger partial charge >= 0.3 is 12.1 Å². The predicted octanol–water partition coefficient (Wildman–Crippen LogP) is -0.572. The van der Waals surface area contributed by atoms with Crippen molar-refractivity contribution in [2.24, 2.45) is 0 Å². The summed E-state index contributed by atoms with van der Waals surface area (Å²) in [6, 6.07) is 3.83. The van der Waals surface area contributed by atoms with Gasteiger partial charge in [0.2, 0.25) is 11.8 Å². The van der Waals surface area contributed by atoms with Crippen molar-refractivity contribution in [2.45, 2.75) is 38.0 Å². The van der Waals surface area contributed by atoms with Crippen molar-refractivity contribution in [2.75, 3.05) is 36.1 Å². The van der Waals surface area contributed by atoms with E-state index in [-0.39, 0.29) is 25.1 Å². The van der Waals surface area contributed by atoms with Gasteiger partial charge in [-0.3, -0.25) is 24.1 Å². The molecular weight excluding hydrogens is 464 g/mol. The predicted molar refractivity (Wildman–Crippen MR) is 120 cm³/mol. The smallest absolute Gasteiger partial charge is 0.408 e. The first-order chi connectivity index (χ1) is 16.7. The topological polar surface area (TPSA) is 172 Å². The molecule has 1 fully saturated rings. The van der Waals surface area contributed by atoms with Crippen molar-refractivity contribution in [1.29, 1.82) is 0 Å². The van der Waals surface area contributed by atoms with Gasteiger partial charge in [-0.05, 0) is 12.1 Å². The Hall–Kier alpha value is -4.00. The second kappa shape index (κ2) is 11.4. The number of carboxylic acids is 1. The van der Waals surface area contributed by atoms with Crippen molar-refractivity contribution >= 4 is 47.4 Å². The number of para-hydroxylation sites is 2. The number of nitrogens with zero attached hydrogens (tertiary/aromatic N) is 2. The van der Waals surface area contributed by atoms with Crippen LogP contribution in [0.2, 0.25) is 0 Å². The van der Waals surface area contributed by atoms with Crippen LogP contribution in [-0.4, -0.2) is 85.7 Å². The van der Waals surface area contributed by atoms with Gasteiger partial charge in [-0.1, -0.05) is 12.1 Å². The van der Waals surface area contributed by atoms with Crippen LogP contribution >= 0.6 is 0 Å². The maximum atomic E-state index is 13.5. The standard InChI is InChI=1S/C22H26N4O9/c1-13(28)25-9-16(24-22(33)35-15-6-7-34-12-15)21(32)26(18-5-3-2-4-17(18)25)10-19(29)23-14(11-27)8-20(30)31/h2-5,11,14-16H,6-10,12H2,1H3,(H,23,29)(H,24,33)(H,30,31)/t14-,15?,16-/m0/s1. The fourth-order valence-electron chi connectivity index (χ4n) is 3.81. The molecule has 2 aliphatic rings. The van der Waals surface area contributed by atoms with E-state index in [1.54, 1.807) is 18.2 Å². The highest BCUT2D eigenvalue weighted by Gasteiger charge is 2.37. The van der Waals surface area contributed by atoms with E-state index in [1.165, 1.54) is 17.9 Å². The maximum absolute atomic E-state index is 13.5. The zero-order valence-electron chi connectivity index (χ0n) is 19.0. The molecule has 1 unspecified atom stereocenters. The lowest BCUT2D eigenvalue weighted by Gasteiger charge is -2.25. The lowest BCUT2D eigenvalue weighted by molar-refractivity contribution is -0.139. The summed E-state index contributed by atoms with van der Waals surface area (Å²) < 4.78 is 10.4. The van der Waals surface area contributed by atoms with Crippen LogP contribution < -0.4 is 20.4 Å². The maximum Gasteiger partial charge on any atom is 0.408 e. The highest BCUT2D eigenvalue weighted by molar-refractivity contribution is 6.09. The molecule has 2 aliphatic heterocycles. The number of aliphatic carboxylic acids is 1. The number of fused-ring (bicyclic) bond motifs is 1. The summed E-state index contributed by atoms with van der Waals surface area (Å²) in [5.41, 5.74) is 0.561. The van der Waals surface area contributed by atoms with Gasteiger partial charge in [0.1, 0.15) is 25.0 Å². The molecule has 0 saturated carbocycles. The molecule has 1 aromatic rings. The first-order valence-electron chi connectivity index (χ1n) is 10.9. The largest absolute Gasteiger partial charge is 0.481 e. The SMILES string of the molecule is CC(=O)N1C[C@H](NC(=O)OC2CCOC2)C(=O)N(CC(=O)N[C@H](C=O)CC(=O)O)c2ccccc21. The summed E-state index contributed by atoms with van der Waals surface area (Å²) in [5.74, 6) is -3.18. The Labute approximate surface area is 200 Å². The Balaban J connectivity index is 1.86. The quantitative estimate of drug-likeness (QED) is 0.404. The molecule has 0 radical (unpaired) electrons. The molecule has 2 heterocycles. The van der Waals surface area contributed by atoms with Gasteiger partial charge in [0.25, 0.3) is 5.91 Å². The third kappa shape index (κ3) is 6.53. The Bertz CT molecular complexity index is 1010. The van der Waals surface area contributed by atoms with Crippen LogP contribution in [0.4, 0.5) is 16.2 Å². The molecule has 0 bridgehead atoms. The molecule has 4 amide bonds. The van der Waals surface area contributed by atoms with Gasteiger partial charge in [-0.2, -0.15) is 0 Å². The molecule has 188 valence electrons. The summed E-state index contributed by atoms with van der Waals surface area (Å²) in [7, 11) is 0. The van der Waals surface area contributed by atoms with Gasteiger partial charge < -0.3 is 34.9 Å². The third-order valence-corrected chi connectivity index (χ3v) is 5.43. The van der Waals surface area contributed by atoms with E-state index in [4.69, 9.17) is 14.6 Å². The van der Waals surface area contributed by atoms with Crippen molar-refractivity contribution in [3.63, 3.8) is 0 Å². The molecule has 1 saturated heterocycles. The lowest BCUT2D eigenvalue weighted by atomic mass is 10.2. The van der Waals surface area contributed by atoms with Crippen molar-refractivity contribution < 1.29 is 43.3 Å². The first kappa shape index (κ1) is 25.6. The number of anilines is 2. The molecule has 1 aromatic carbocycles. The first-order valence-corrected chi connectivity index (χ1v) is 10.9. The van der Waals surface area contributed by atoms with Crippen LogP contribution in [0.25, 0.3) is 0 Å². The number of carbonyl (C=O) groups is 6. The Morgan fingerprint density at radius 1 is 1.26 bits per heavy atom. The zero-order valence-corrected chi connectivity index (χ0v) is 19.0. The highest BCUT2D eigenvalue weighted by Crippen LogP contribution is 2.32. The molecule has 3 rings (SSSR count). The van der Waals surface area contributed by atoms with Crippen molar-refractivity contribution in [3.8, 4) is 0 Å². The lowest BCUT2D eigenvalue weighted by Crippen LogP contribution is -2.55. The van der Waals surface area contributed by atoms with Gasteiger partial charge in [0.05, 0.1) is 43.6 Å². The number of carbonyl (C=O) groups excluding carboxylic acids is 5. The zero-order chi connectivity index (χ0) is 25.5. The Kier molecular flexibility index (Phi) is 8.36. The fourth-order valence-corrected chi connectivity index (χ4v) is 3.81. The van der Waals surface area contributed by atoms with E-state index >= 15 is 0 Å². The second-order valence-electron chi connectivity index (χ2n) is 8.04. The number of alkyl carbamates (subject to hydrolysis) is 1. The van der Waals surface area contributed by atoms with E-state index in [1.807, 2.05) is 0 Å². The summed E-state index contributed by atoms with van der Waals surface area (Å²) in [6.07, 6.45) is -1.17. The van der Waals surface area contributed by atoms with Gasteiger partial charge in [-0.25, -0.2) is 4.79 Å². The summed E-state index contributed by atoms with van der Waals surface area (Å²) in [6.45, 7) is 1.18. The van der Waals surface area contributed by atoms with Gasteiger partial charge in [0, 0.05) is 13.3 Å². The van der Waals surface area contributed by atoms with Crippen LogP contribution in [0.1, 0.15) is 19.8 Å². The van der Waals surface area contributed by atoms with Crippen LogP contribution in [-0.2, 0) is 33.4 Å². The Morgan fingerprint density at radius 3 is 2.57 bits per heavy atom. The van der Waals surface area contributed by atoms with Gasteiger partial charge in [-0.15, -0.1) is 0 Å². The number of ether oxygens (including phenoxy) is 2. The molecule has 3 N–H and O–H groups in total. The highest BCUT2D eigenvalue weighted by atomic mass is 16.6. The van der Waals surface area contributed by atoms with E-state index in [0.717, 1.165) is 4.90 Å². The Morgan fingerprint density at radius 2 is 1.97 bits per heavy atom. The third-order valence-electron chi connectivity index (χ3n) is 5.43. The van der Waals surface area contributed by atoms with Crippen LogP contribution in [0.5, 0.6) is 0 Å². The summed E-state index contributed by atoms with van der Waals surface area (Å²) in [5, 5.41) is 13.6. The molecule has 13 nitrogen and oxygen atoms in total.